The van der Waals surface area contributed by atoms with Crippen molar-refractivity contribution in [3.05, 3.63) is 42.6 Å². The zero-order valence-electron chi connectivity index (χ0n) is 11.3. The van der Waals surface area contributed by atoms with E-state index in [2.05, 4.69) is 20.5 Å². The summed E-state index contributed by atoms with van der Waals surface area (Å²) in [6.07, 6.45) is 3.40. The molecule has 0 bridgehead atoms. The SMILES string of the molecule is CC(Nc1nccc2ccc(O)cc12)c1nncn1C. The number of anilines is 1. The summed E-state index contributed by atoms with van der Waals surface area (Å²) in [5.41, 5.74) is 0. The van der Waals surface area contributed by atoms with E-state index in [4.69, 9.17) is 0 Å². The van der Waals surface area contributed by atoms with Crippen molar-refractivity contribution in [1.82, 2.24) is 19.7 Å². The molecule has 1 unspecified atom stereocenters. The van der Waals surface area contributed by atoms with Gasteiger partial charge in [-0.25, -0.2) is 4.98 Å². The van der Waals surface area contributed by atoms with Crippen LogP contribution in [0.3, 0.4) is 0 Å². The Balaban J connectivity index is 1.98. The van der Waals surface area contributed by atoms with Crippen molar-refractivity contribution < 1.29 is 5.11 Å². The Bertz CT molecular complexity index is 752. The smallest absolute Gasteiger partial charge is 0.154 e. The number of aryl methyl sites for hydroxylation is 1. The van der Waals surface area contributed by atoms with Gasteiger partial charge in [0.1, 0.15) is 17.9 Å². The van der Waals surface area contributed by atoms with Crippen molar-refractivity contribution in [2.24, 2.45) is 7.05 Å². The molecule has 0 aliphatic rings. The number of aromatic hydroxyl groups is 1. The predicted molar refractivity (Wildman–Crippen MR) is 76.4 cm³/mol. The quantitative estimate of drug-likeness (QED) is 0.762. The second kappa shape index (κ2) is 4.80. The molecule has 102 valence electrons. The zero-order valence-corrected chi connectivity index (χ0v) is 11.3. The second-order valence-corrected chi connectivity index (χ2v) is 4.73. The molecule has 0 aliphatic carbocycles. The van der Waals surface area contributed by atoms with Gasteiger partial charge in [-0.3, -0.25) is 0 Å². The number of nitrogens with one attached hydrogen (secondary N) is 1. The molecular formula is C14H15N5O. The molecule has 0 amide bonds. The highest BCUT2D eigenvalue weighted by Crippen LogP contribution is 2.27. The lowest BCUT2D eigenvalue weighted by Crippen LogP contribution is -2.13. The molecular weight excluding hydrogens is 254 g/mol. The molecule has 1 aromatic carbocycles. The summed E-state index contributed by atoms with van der Waals surface area (Å²) in [5.74, 6) is 1.76. The number of fused-ring (bicyclic) bond motifs is 1. The van der Waals surface area contributed by atoms with Crippen LogP contribution in [0.15, 0.2) is 36.8 Å². The van der Waals surface area contributed by atoms with Gasteiger partial charge in [0.25, 0.3) is 0 Å². The monoisotopic (exact) mass is 269 g/mol. The molecule has 2 aromatic heterocycles. The van der Waals surface area contributed by atoms with Crippen LogP contribution in [0.1, 0.15) is 18.8 Å². The molecule has 0 saturated carbocycles. The molecule has 3 aromatic rings. The van der Waals surface area contributed by atoms with Crippen LogP contribution in [0, 0.1) is 0 Å². The first-order chi connectivity index (χ1) is 9.65. The summed E-state index contributed by atoms with van der Waals surface area (Å²) in [4.78, 5) is 4.35. The Morgan fingerprint density at radius 2 is 2.15 bits per heavy atom. The van der Waals surface area contributed by atoms with Gasteiger partial charge in [-0.2, -0.15) is 0 Å². The van der Waals surface area contributed by atoms with Crippen LogP contribution in [0.2, 0.25) is 0 Å². The number of phenols is 1. The number of rotatable bonds is 3. The molecule has 0 fully saturated rings. The van der Waals surface area contributed by atoms with E-state index in [1.807, 2.05) is 30.7 Å². The highest BCUT2D eigenvalue weighted by atomic mass is 16.3. The van der Waals surface area contributed by atoms with Crippen LogP contribution in [0.5, 0.6) is 5.75 Å². The third-order valence-electron chi connectivity index (χ3n) is 3.24. The van der Waals surface area contributed by atoms with Crippen molar-refractivity contribution in [2.45, 2.75) is 13.0 Å². The van der Waals surface area contributed by atoms with Gasteiger partial charge < -0.3 is 15.0 Å². The molecule has 0 spiro atoms. The number of aromatic nitrogens is 4. The van der Waals surface area contributed by atoms with E-state index in [0.29, 0.717) is 5.82 Å². The van der Waals surface area contributed by atoms with Crippen molar-refractivity contribution in [1.29, 1.82) is 0 Å². The largest absolute Gasteiger partial charge is 0.508 e. The first-order valence-corrected chi connectivity index (χ1v) is 6.33. The number of hydrogen-bond acceptors (Lipinski definition) is 5. The number of pyridine rings is 1. The average molecular weight is 269 g/mol. The predicted octanol–water partition coefficient (Wildman–Crippen LogP) is 2.24. The molecule has 0 radical (unpaired) electrons. The molecule has 3 rings (SSSR count). The molecule has 6 nitrogen and oxygen atoms in total. The van der Waals surface area contributed by atoms with Crippen LogP contribution in [-0.4, -0.2) is 24.9 Å². The Morgan fingerprint density at radius 3 is 2.90 bits per heavy atom. The summed E-state index contributed by atoms with van der Waals surface area (Å²) >= 11 is 0. The topological polar surface area (TPSA) is 75.9 Å². The molecule has 0 saturated heterocycles. The minimum atomic E-state index is -0.0389. The lowest BCUT2D eigenvalue weighted by Gasteiger charge is -2.15. The molecule has 0 aliphatic heterocycles. The normalized spacial score (nSPS) is 12.5. The molecule has 6 heteroatoms. The van der Waals surface area contributed by atoms with E-state index in [-0.39, 0.29) is 11.8 Å². The van der Waals surface area contributed by atoms with Gasteiger partial charge in [-0.15, -0.1) is 10.2 Å². The summed E-state index contributed by atoms with van der Waals surface area (Å²) in [7, 11) is 1.90. The maximum absolute atomic E-state index is 9.63. The fourth-order valence-corrected chi connectivity index (χ4v) is 2.23. The van der Waals surface area contributed by atoms with Crippen molar-refractivity contribution in [3.63, 3.8) is 0 Å². The van der Waals surface area contributed by atoms with Gasteiger partial charge in [0.2, 0.25) is 0 Å². The number of phenolic OH excluding ortho intramolecular Hbond substituents is 1. The number of benzene rings is 1. The Morgan fingerprint density at radius 1 is 1.30 bits per heavy atom. The van der Waals surface area contributed by atoms with E-state index in [9.17, 15) is 5.11 Å². The maximum Gasteiger partial charge on any atom is 0.154 e. The van der Waals surface area contributed by atoms with Gasteiger partial charge in [0.05, 0.1) is 6.04 Å². The fourth-order valence-electron chi connectivity index (χ4n) is 2.23. The number of nitrogens with zero attached hydrogens (tertiary/aromatic N) is 4. The lowest BCUT2D eigenvalue weighted by atomic mass is 10.1. The highest BCUT2D eigenvalue weighted by Gasteiger charge is 2.13. The maximum atomic E-state index is 9.63. The lowest BCUT2D eigenvalue weighted by molar-refractivity contribution is 0.476. The van der Waals surface area contributed by atoms with Crippen molar-refractivity contribution >= 4 is 16.6 Å². The summed E-state index contributed by atoms with van der Waals surface area (Å²) in [6, 6.07) is 7.10. The Kier molecular flexibility index (Phi) is 2.98. The van der Waals surface area contributed by atoms with Gasteiger partial charge >= 0.3 is 0 Å². The van der Waals surface area contributed by atoms with E-state index in [1.165, 1.54) is 0 Å². The first-order valence-electron chi connectivity index (χ1n) is 6.33. The third-order valence-corrected chi connectivity index (χ3v) is 3.24. The standard InChI is InChI=1S/C14H15N5O/c1-9(14-18-16-8-19(14)2)17-13-12-7-11(20)4-3-10(12)5-6-15-13/h3-9,20H,1-2H3,(H,15,17). The van der Waals surface area contributed by atoms with Crippen LogP contribution < -0.4 is 5.32 Å². The summed E-state index contributed by atoms with van der Waals surface area (Å²) < 4.78 is 1.86. The fraction of sp³-hybridized carbons (Fsp3) is 0.214. The average Bonchev–Trinajstić information content (AvgIpc) is 2.86. The third kappa shape index (κ3) is 2.16. The second-order valence-electron chi connectivity index (χ2n) is 4.73. The Labute approximate surface area is 116 Å². The van der Waals surface area contributed by atoms with Crippen LogP contribution >= 0.6 is 0 Å². The van der Waals surface area contributed by atoms with E-state index in [0.717, 1.165) is 16.6 Å². The summed E-state index contributed by atoms with van der Waals surface area (Å²) in [6.45, 7) is 1.99. The summed E-state index contributed by atoms with van der Waals surface area (Å²) in [5, 5.41) is 22.8. The van der Waals surface area contributed by atoms with E-state index in [1.54, 1.807) is 24.7 Å². The number of hydrogen-bond donors (Lipinski definition) is 2. The van der Waals surface area contributed by atoms with E-state index >= 15 is 0 Å². The minimum Gasteiger partial charge on any atom is -0.508 e. The van der Waals surface area contributed by atoms with Gasteiger partial charge in [0.15, 0.2) is 5.82 Å². The van der Waals surface area contributed by atoms with Crippen LogP contribution in [0.4, 0.5) is 5.82 Å². The van der Waals surface area contributed by atoms with Crippen molar-refractivity contribution in [3.8, 4) is 5.75 Å². The molecule has 2 heterocycles. The van der Waals surface area contributed by atoms with Gasteiger partial charge in [0, 0.05) is 18.6 Å². The molecule has 2 N–H and O–H groups in total. The molecule has 20 heavy (non-hydrogen) atoms. The van der Waals surface area contributed by atoms with Gasteiger partial charge in [-0.05, 0) is 30.5 Å². The van der Waals surface area contributed by atoms with Crippen LogP contribution in [-0.2, 0) is 7.05 Å². The Hall–Kier alpha value is -2.63. The van der Waals surface area contributed by atoms with Gasteiger partial charge in [-0.1, -0.05) is 6.07 Å². The van der Waals surface area contributed by atoms with Crippen LogP contribution in [0.25, 0.3) is 10.8 Å². The molecule has 1 atom stereocenters. The van der Waals surface area contributed by atoms with Crippen molar-refractivity contribution in [2.75, 3.05) is 5.32 Å². The van der Waals surface area contributed by atoms with E-state index < -0.39 is 0 Å². The highest BCUT2D eigenvalue weighted by molar-refractivity contribution is 5.92. The first kappa shape index (κ1) is 12.4. The zero-order chi connectivity index (χ0) is 14.1. The minimum absolute atomic E-state index is 0.0389.